The zero-order chi connectivity index (χ0) is 19.3. The van der Waals surface area contributed by atoms with Crippen LogP contribution in [0.1, 0.15) is 35.3 Å². The van der Waals surface area contributed by atoms with Crippen molar-refractivity contribution in [2.75, 3.05) is 5.32 Å². The quantitative estimate of drug-likeness (QED) is 0.484. The lowest BCUT2D eigenvalue weighted by atomic mass is 10.1. The number of esters is 1. The van der Waals surface area contributed by atoms with Gasteiger partial charge in [-0.2, -0.15) is 0 Å². The number of benzene rings is 2. The minimum absolute atomic E-state index is 0.0612. The summed E-state index contributed by atoms with van der Waals surface area (Å²) in [6.45, 7) is 4.94. The monoisotopic (exact) mass is 356 g/mol. The molecule has 7 nitrogen and oxygen atoms in total. The van der Waals surface area contributed by atoms with Crippen molar-refractivity contribution in [2.45, 2.75) is 33.3 Å². The number of hydrogen-bond donors (Lipinski definition) is 1. The summed E-state index contributed by atoms with van der Waals surface area (Å²) in [6, 6.07) is 11.5. The number of nitro benzene ring substituents is 1. The average Bonchev–Trinajstić information content (AvgIpc) is 2.62. The van der Waals surface area contributed by atoms with Gasteiger partial charge in [0.25, 0.3) is 11.6 Å². The van der Waals surface area contributed by atoms with Gasteiger partial charge in [0.2, 0.25) is 0 Å². The van der Waals surface area contributed by atoms with E-state index in [-0.39, 0.29) is 16.8 Å². The first-order valence-corrected chi connectivity index (χ1v) is 8.18. The van der Waals surface area contributed by atoms with Crippen LogP contribution in [0.3, 0.4) is 0 Å². The van der Waals surface area contributed by atoms with Crippen LogP contribution in [0.2, 0.25) is 0 Å². The molecule has 0 bridgehead atoms. The highest BCUT2D eigenvalue weighted by Gasteiger charge is 2.23. The maximum absolute atomic E-state index is 12.3. The van der Waals surface area contributed by atoms with Crippen LogP contribution < -0.4 is 5.32 Å². The summed E-state index contributed by atoms with van der Waals surface area (Å²) in [5.74, 6) is -1.26. The fourth-order valence-electron chi connectivity index (χ4n) is 2.39. The SMILES string of the molecule is CCc1ccc(NC(=O)C(C)OC(=O)c2cccc([N+](=O)[O-])c2C)cc1. The minimum atomic E-state index is -1.05. The predicted molar refractivity (Wildman–Crippen MR) is 97.2 cm³/mol. The highest BCUT2D eigenvalue weighted by Crippen LogP contribution is 2.22. The summed E-state index contributed by atoms with van der Waals surface area (Å²) >= 11 is 0. The number of rotatable bonds is 6. The molecule has 0 aliphatic carbocycles. The van der Waals surface area contributed by atoms with E-state index in [9.17, 15) is 19.7 Å². The van der Waals surface area contributed by atoms with Crippen LogP contribution in [0.5, 0.6) is 0 Å². The topological polar surface area (TPSA) is 98.5 Å². The van der Waals surface area contributed by atoms with Gasteiger partial charge in [0.1, 0.15) is 0 Å². The second kappa shape index (κ2) is 8.24. The number of carbonyl (C=O) groups is 2. The number of nitrogens with zero attached hydrogens (tertiary/aromatic N) is 1. The molecule has 0 aliphatic heterocycles. The standard InChI is InChI=1S/C19H20N2O5/c1-4-14-8-10-15(11-9-14)20-18(22)13(3)26-19(23)16-6-5-7-17(12(16)2)21(24)25/h5-11,13H,4H2,1-3H3,(H,20,22). The number of carbonyl (C=O) groups excluding carboxylic acids is 2. The Balaban J connectivity index is 2.05. The average molecular weight is 356 g/mol. The lowest BCUT2D eigenvalue weighted by Gasteiger charge is -2.14. The molecule has 0 radical (unpaired) electrons. The van der Waals surface area contributed by atoms with Crippen molar-refractivity contribution >= 4 is 23.3 Å². The number of nitrogens with one attached hydrogen (secondary N) is 1. The third-order valence-corrected chi connectivity index (χ3v) is 4.00. The van der Waals surface area contributed by atoms with E-state index in [1.165, 1.54) is 32.0 Å². The Morgan fingerprint density at radius 1 is 1.19 bits per heavy atom. The van der Waals surface area contributed by atoms with E-state index in [0.29, 0.717) is 5.69 Å². The number of ether oxygens (including phenoxy) is 1. The van der Waals surface area contributed by atoms with Crippen LogP contribution in [0.25, 0.3) is 0 Å². The van der Waals surface area contributed by atoms with Crippen molar-refractivity contribution in [1.82, 2.24) is 0 Å². The van der Waals surface area contributed by atoms with Crippen LogP contribution in [0, 0.1) is 17.0 Å². The Kier molecular flexibility index (Phi) is 6.06. The van der Waals surface area contributed by atoms with Crippen LogP contribution in [0.15, 0.2) is 42.5 Å². The number of nitro groups is 1. The molecule has 0 fully saturated rings. The Morgan fingerprint density at radius 2 is 1.85 bits per heavy atom. The van der Waals surface area contributed by atoms with Gasteiger partial charge in [-0.1, -0.05) is 25.1 Å². The molecule has 0 aliphatic rings. The summed E-state index contributed by atoms with van der Waals surface area (Å²) in [4.78, 5) is 34.9. The summed E-state index contributed by atoms with van der Waals surface area (Å²) in [5.41, 5.74) is 1.83. The Morgan fingerprint density at radius 3 is 2.42 bits per heavy atom. The first kappa shape index (κ1) is 19.1. The maximum Gasteiger partial charge on any atom is 0.339 e. The van der Waals surface area contributed by atoms with Gasteiger partial charge in [0.15, 0.2) is 6.10 Å². The summed E-state index contributed by atoms with van der Waals surface area (Å²) in [7, 11) is 0. The molecule has 2 rings (SSSR count). The predicted octanol–water partition coefficient (Wildman–Crippen LogP) is 3.65. The highest BCUT2D eigenvalue weighted by atomic mass is 16.6. The van der Waals surface area contributed by atoms with E-state index < -0.39 is 22.9 Å². The van der Waals surface area contributed by atoms with Gasteiger partial charge in [0, 0.05) is 17.3 Å². The number of anilines is 1. The molecule has 136 valence electrons. The van der Waals surface area contributed by atoms with Crippen molar-refractivity contribution in [3.8, 4) is 0 Å². The third-order valence-electron chi connectivity index (χ3n) is 4.00. The second-order valence-corrected chi connectivity index (χ2v) is 5.79. The summed E-state index contributed by atoms with van der Waals surface area (Å²) in [6.07, 6.45) is -0.155. The van der Waals surface area contributed by atoms with Gasteiger partial charge in [-0.05, 0) is 44.0 Å². The van der Waals surface area contributed by atoms with Gasteiger partial charge in [-0.25, -0.2) is 4.79 Å². The molecule has 1 amide bonds. The van der Waals surface area contributed by atoms with E-state index in [1.54, 1.807) is 12.1 Å². The maximum atomic E-state index is 12.3. The van der Waals surface area contributed by atoms with Crippen LogP contribution in [-0.2, 0) is 16.0 Å². The van der Waals surface area contributed by atoms with Crippen molar-refractivity contribution < 1.29 is 19.2 Å². The van der Waals surface area contributed by atoms with Crippen molar-refractivity contribution in [2.24, 2.45) is 0 Å². The first-order chi connectivity index (χ1) is 12.3. The zero-order valence-electron chi connectivity index (χ0n) is 14.8. The minimum Gasteiger partial charge on any atom is -0.449 e. The number of hydrogen-bond acceptors (Lipinski definition) is 5. The summed E-state index contributed by atoms with van der Waals surface area (Å²) < 4.78 is 5.16. The third kappa shape index (κ3) is 4.44. The normalized spacial score (nSPS) is 11.5. The molecule has 1 unspecified atom stereocenters. The van der Waals surface area contributed by atoms with E-state index in [0.717, 1.165) is 12.0 Å². The second-order valence-electron chi connectivity index (χ2n) is 5.79. The van der Waals surface area contributed by atoms with Crippen molar-refractivity contribution in [1.29, 1.82) is 0 Å². The molecule has 0 heterocycles. The van der Waals surface area contributed by atoms with Crippen LogP contribution in [0.4, 0.5) is 11.4 Å². The van der Waals surface area contributed by atoms with Crippen LogP contribution in [-0.4, -0.2) is 22.9 Å². The summed E-state index contributed by atoms with van der Waals surface area (Å²) in [5, 5.41) is 13.6. The smallest absolute Gasteiger partial charge is 0.339 e. The fraction of sp³-hybridized carbons (Fsp3) is 0.263. The number of amides is 1. The lowest BCUT2D eigenvalue weighted by Crippen LogP contribution is -2.30. The van der Waals surface area contributed by atoms with Gasteiger partial charge in [0.05, 0.1) is 10.5 Å². The molecule has 1 atom stereocenters. The van der Waals surface area contributed by atoms with Gasteiger partial charge < -0.3 is 10.1 Å². The van der Waals surface area contributed by atoms with E-state index >= 15 is 0 Å². The highest BCUT2D eigenvalue weighted by molar-refractivity contribution is 5.98. The van der Waals surface area contributed by atoms with E-state index in [4.69, 9.17) is 4.74 Å². The molecule has 0 aromatic heterocycles. The molecule has 0 saturated heterocycles. The molecule has 1 N–H and O–H groups in total. The van der Waals surface area contributed by atoms with E-state index in [2.05, 4.69) is 5.32 Å². The molecule has 2 aromatic carbocycles. The lowest BCUT2D eigenvalue weighted by molar-refractivity contribution is -0.385. The molecule has 26 heavy (non-hydrogen) atoms. The molecular weight excluding hydrogens is 336 g/mol. The van der Waals surface area contributed by atoms with Crippen molar-refractivity contribution in [3.05, 3.63) is 69.3 Å². The van der Waals surface area contributed by atoms with Gasteiger partial charge >= 0.3 is 5.97 Å². The zero-order valence-corrected chi connectivity index (χ0v) is 14.8. The Bertz CT molecular complexity index is 830. The first-order valence-electron chi connectivity index (χ1n) is 8.18. The Labute approximate surface area is 151 Å². The van der Waals surface area contributed by atoms with Gasteiger partial charge in [-0.3, -0.25) is 14.9 Å². The molecule has 2 aromatic rings. The largest absolute Gasteiger partial charge is 0.449 e. The van der Waals surface area contributed by atoms with Crippen molar-refractivity contribution in [3.63, 3.8) is 0 Å². The Hall–Kier alpha value is -3.22. The molecular formula is C19H20N2O5. The van der Waals surface area contributed by atoms with E-state index in [1.807, 2.05) is 19.1 Å². The fourth-order valence-corrected chi connectivity index (χ4v) is 2.39. The van der Waals surface area contributed by atoms with Crippen LogP contribution >= 0.6 is 0 Å². The van der Waals surface area contributed by atoms with Gasteiger partial charge in [-0.15, -0.1) is 0 Å². The molecule has 0 saturated carbocycles. The molecule has 7 heteroatoms. The molecule has 0 spiro atoms. The number of aryl methyl sites for hydroxylation is 1.